The van der Waals surface area contributed by atoms with Gasteiger partial charge in [0.15, 0.2) is 5.78 Å². The highest BCUT2D eigenvalue weighted by atomic mass is 79.9. The van der Waals surface area contributed by atoms with Gasteiger partial charge in [-0.25, -0.2) is 0 Å². The van der Waals surface area contributed by atoms with Gasteiger partial charge >= 0.3 is 0 Å². The molecule has 1 aromatic rings. The minimum Gasteiger partial charge on any atom is -0.485 e. The van der Waals surface area contributed by atoms with Crippen molar-refractivity contribution < 1.29 is 9.53 Å². The van der Waals surface area contributed by atoms with Crippen LogP contribution in [0.15, 0.2) is 34.3 Å². The van der Waals surface area contributed by atoms with Crippen molar-refractivity contribution >= 4 is 21.7 Å². The largest absolute Gasteiger partial charge is 0.485 e. The van der Waals surface area contributed by atoms with Crippen molar-refractivity contribution in [3.05, 3.63) is 39.9 Å². The zero-order chi connectivity index (χ0) is 11.7. The Balaban J connectivity index is 2.37. The molecule has 0 aromatic heterocycles. The number of rotatable bonds is 1. The summed E-state index contributed by atoms with van der Waals surface area (Å²) >= 11 is 3.36. The molecule has 0 N–H and O–H groups in total. The second-order valence-corrected chi connectivity index (χ2v) is 4.82. The highest BCUT2D eigenvalue weighted by molar-refractivity contribution is 9.10. The smallest absolute Gasteiger partial charge is 0.170 e. The first-order valence-electron chi connectivity index (χ1n) is 5.24. The molecule has 84 valence electrons. The quantitative estimate of drug-likeness (QED) is 0.733. The summed E-state index contributed by atoms with van der Waals surface area (Å²) in [4.78, 5) is 11.9. The molecule has 0 spiro atoms. The molecule has 1 atom stereocenters. The van der Waals surface area contributed by atoms with Crippen molar-refractivity contribution in [1.82, 2.24) is 0 Å². The van der Waals surface area contributed by atoms with E-state index in [9.17, 15) is 4.79 Å². The Bertz CT molecular complexity index is 463. The minimum absolute atomic E-state index is 0.105. The van der Waals surface area contributed by atoms with Gasteiger partial charge in [0.1, 0.15) is 11.9 Å². The zero-order valence-electron chi connectivity index (χ0n) is 9.29. The van der Waals surface area contributed by atoms with Crippen molar-refractivity contribution in [2.45, 2.75) is 26.4 Å². The van der Waals surface area contributed by atoms with Crippen LogP contribution >= 0.6 is 15.9 Å². The van der Waals surface area contributed by atoms with Gasteiger partial charge in [0.25, 0.3) is 0 Å². The molecular formula is C13H13BrO2. The van der Waals surface area contributed by atoms with Gasteiger partial charge in [-0.1, -0.05) is 22.0 Å². The molecular weight excluding hydrogens is 268 g/mol. The molecule has 3 heteroatoms. The number of ketones is 1. The second kappa shape index (κ2) is 4.42. The van der Waals surface area contributed by atoms with Crippen LogP contribution in [0.1, 0.15) is 30.6 Å². The van der Waals surface area contributed by atoms with Crippen LogP contribution in [-0.4, -0.2) is 11.9 Å². The van der Waals surface area contributed by atoms with Crippen molar-refractivity contribution in [3.8, 4) is 5.75 Å². The molecule has 2 nitrogen and oxygen atoms in total. The van der Waals surface area contributed by atoms with Gasteiger partial charge in [0.2, 0.25) is 0 Å². The molecule has 0 bridgehead atoms. The summed E-state index contributed by atoms with van der Waals surface area (Å²) in [6.45, 7) is 3.95. The number of benzene rings is 1. The Morgan fingerprint density at radius 2 is 2.31 bits per heavy atom. The van der Waals surface area contributed by atoms with E-state index in [1.54, 1.807) is 0 Å². The number of carbonyl (C=O) groups is 1. The third-order valence-corrected chi connectivity index (χ3v) is 3.34. The predicted molar refractivity (Wildman–Crippen MR) is 66.9 cm³/mol. The van der Waals surface area contributed by atoms with Crippen LogP contribution in [0.5, 0.6) is 5.75 Å². The Morgan fingerprint density at radius 3 is 3.00 bits per heavy atom. The van der Waals surface area contributed by atoms with E-state index >= 15 is 0 Å². The van der Waals surface area contributed by atoms with E-state index in [1.807, 2.05) is 38.1 Å². The maximum absolute atomic E-state index is 11.9. The van der Waals surface area contributed by atoms with Gasteiger partial charge in [0.05, 0.1) is 12.0 Å². The minimum atomic E-state index is -0.105. The van der Waals surface area contributed by atoms with Gasteiger partial charge in [-0.3, -0.25) is 4.79 Å². The van der Waals surface area contributed by atoms with Gasteiger partial charge in [-0.05, 0) is 37.6 Å². The lowest BCUT2D eigenvalue weighted by molar-refractivity contribution is 0.0884. The van der Waals surface area contributed by atoms with Crippen LogP contribution in [-0.2, 0) is 0 Å². The summed E-state index contributed by atoms with van der Waals surface area (Å²) in [5.74, 6) is 0.833. The summed E-state index contributed by atoms with van der Waals surface area (Å²) in [5, 5.41) is 0. The number of hydrogen-bond acceptors (Lipinski definition) is 2. The topological polar surface area (TPSA) is 26.3 Å². The molecule has 16 heavy (non-hydrogen) atoms. The predicted octanol–water partition coefficient (Wildman–Crippen LogP) is 3.75. The number of hydrogen-bond donors (Lipinski definition) is 0. The number of allylic oxidation sites excluding steroid dienone is 1. The lowest BCUT2D eigenvalue weighted by Gasteiger charge is -2.25. The van der Waals surface area contributed by atoms with Crippen LogP contribution < -0.4 is 4.74 Å². The van der Waals surface area contributed by atoms with Crippen LogP contribution in [0.3, 0.4) is 0 Å². The van der Waals surface area contributed by atoms with Crippen molar-refractivity contribution in [1.29, 1.82) is 0 Å². The van der Waals surface area contributed by atoms with E-state index in [1.165, 1.54) is 0 Å². The second-order valence-electron chi connectivity index (χ2n) is 3.91. The lowest BCUT2D eigenvalue weighted by atomic mass is 9.97. The third-order valence-electron chi connectivity index (χ3n) is 2.85. The molecule has 1 unspecified atom stereocenters. The molecule has 0 saturated carbocycles. The molecule has 1 aliphatic heterocycles. The Hall–Kier alpha value is -1.09. The van der Waals surface area contributed by atoms with Crippen LogP contribution in [0, 0.1) is 0 Å². The molecule has 1 aliphatic rings. The lowest BCUT2D eigenvalue weighted by Crippen LogP contribution is -2.27. The van der Waals surface area contributed by atoms with Gasteiger partial charge < -0.3 is 4.74 Å². The van der Waals surface area contributed by atoms with E-state index in [2.05, 4.69) is 15.9 Å². The van der Waals surface area contributed by atoms with E-state index < -0.39 is 0 Å². The Morgan fingerprint density at radius 1 is 1.56 bits per heavy atom. The first-order chi connectivity index (χ1) is 7.61. The van der Waals surface area contributed by atoms with Gasteiger partial charge in [-0.2, -0.15) is 0 Å². The fourth-order valence-electron chi connectivity index (χ4n) is 1.74. The van der Waals surface area contributed by atoms with Crippen LogP contribution in [0.2, 0.25) is 0 Å². The standard InChI is InChI=1S/C13H13BrO2/c1-3-8(2)13-7-11(15)10-6-9(14)4-5-12(10)16-13/h3-6,13H,7H2,1-2H3/b8-3+. The average Bonchev–Trinajstić information content (AvgIpc) is 2.28. The van der Waals surface area contributed by atoms with Crippen LogP contribution in [0.25, 0.3) is 0 Å². The SMILES string of the molecule is C/C=C(\C)C1CC(=O)c2cc(Br)ccc2O1. The summed E-state index contributed by atoms with van der Waals surface area (Å²) in [6.07, 6.45) is 2.31. The first kappa shape index (κ1) is 11.4. The molecule has 0 amide bonds. The van der Waals surface area contributed by atoms with Crippen LogP contribution in [0.4, 0.5) is 0 Å². The Labute approximate surface area is 103 Å². The van der Waals surface area contributed by atoms with Gasteiger partial charge in [0, 0.05) is 4.47 Å². The molecule has 0 aliphatic carbocycles. The van der Waals surface area contributed by atoms with Gasteiger partial charge in [-0.15, -0.1) is 0 Å². The normalized spacial score (nSPS) is 20.3. The monoisotopic (exact) mass is 280 g/mol. The van der Waals surface area contributed by atoms with E-state index in [0.717, 1.165) is 10.0 Å². The fraction of sp³-hybridized carbons (Fsp3) is 0.308. The fourth-order valence-corrected chi connectivity index (χ4v) is 2.10. The number of halogens is 1. The number of carbonyl (C=O) groups excluding carboxylic acids is 1. The summed E-state index contributed by atoms with van der Waals surface area (Å²) in [7, 11) is 0. The van der Waals surface area contributed by atoms with Crippen molar-refractivity contribution in [2.24, 2.45) is 0 Å². The summed E-state index contributed by atoms with van der Waals surface area (Å²) < 4.78 is 6.71. The molecule has 0 saturated heterocycles. The molecule has 1 heterocycles. The molecule has 1 aromatic carbocycles. The Kier molecular flexibility index (Phi) is 3.15. The number of ether oxygens (including phenoxy) is 1. The molecule has 0 fully saturated rings. The molecule has 2 rings (SSSR count). The maximum Gasteiger partial charge on any atom is 0.170 e. The zero-order valence-corrected chi connectivity index (χ0v) is 10.9. The maximum atomic E-state index is 11.9. The van der Waals surface area contributed by atoms with Crippen molar-refractivity contribution in [3.63, 3.8) is 0 Å². The van der Waals surface area contributed by atoms with E-state index in [0.29, 0.717) is 17.7 Å². The highest BCUT2D eigenvalue weighted by Gasteiger charge is 2.27. The van der Waals surface area contributed by atoms with Crippen molar-refractivity contribution in [2.75, 3.05) is 0 Å². The summed E-state index contributed by atoms with van der Waals surface area (Å²) in [5.41, 5.74) is 1.77. The average molecular weight is 281 g/mol. The first-order valence-corrected chi connectivity index (χ1v) is 6.03. The summed E-state index contributed by atoms with van der Waals surface area (Å²) in [6, 6.07) is 5.55. The number of Topliss-reactive ketones (excluding diaryl/α,β-unsaturated/α-hetero) is 1. The molecule has 0 radical (unpaired) electrons. The highest BCUT2D eigenvalue weighted by Crippen LogP contribution is 2.32. The van der Waals surface area contributed by atoms with E-state index in [4.69, 9.17) is 4.74 Å². The third kappa shape index (κ3) is 2.05. The van der Waals surface area contributed by atoms with E-state index in [-0.39, 0.29) is 11.9 Å². The number of fused-ring (bicyclic) bond motifs is 1.